The van der Waals surface area contributed by atoms with Gasteiger partial charge in [0.1, 0.15) is 0 Å². The van der Waals surface area contributed by atoms with Crippen LogP contribution in [0.2, 0.25) is 0 Å². The van der Waals surface area contributed by atoms with Gasteiger partial charge in [-0.2, -0.15) is 0 Å². The average molecular weight is 295 g/mol. The molecule has 0 radical (unpaired) electrons. The molecule has 0 spiro atoms. The fraction of sp³-hybridized carbons (Fsp3) is 0.941. The summed E-state index contributed by atoms with van der Waals surface area (Å²) in [7, 11) is 3.75. The summed E-state index contributed by atoms with van der Waals surface area (Å²) in [6.07, 6.45) is 4.72. The van der Waals surface area contributed by atoms with Gasteiger partial charge in [0.25, 0.3) is 0 Å². The van der Waals surface area contributed by atoms with E-state index in [2.05, 4.69) is 31.0 Å². The number of amides is 1. The molecule has 0 aromatic rings. The van der Waals surface area contributed by atoms with Gasteiger partial charge in [0, 0.05) is 25.7 Å². The van der Waals surface area contributed by atoms with E-state index < -0.39 is 0 Å². The predicted octanol–water partition coefficient (Wildman–Crippen LogP) is 1.95. The smallest absolute Gasteiger partial charge is 0.226 e. The molecule has 0 aromatic carbocycles. The SMILES string of the molecule is CN(C)C(=O)[C@@H]1CCNC1CC1CCN(C(C)(C)C)CC1. The molecule has 2 atom stereocenters. The molecule has 4 nitrogen and oxygen atoms in total. The van der Waals surface area contributed by atoms with Crippen LogP contribution in [0, 0.1) is 11.8 Å². The molecule has 1 unspecified atom stereocenters. The second-order valence-corrected chi connectivity index (χ2v) is 8.03. The summed E-state index contributed by atoms with van der Waals surface area (Å²) >= 11 is 0. The van der Waals surface area contributed by atoms with Gasteiger partial charge in [0.15, 0.2) is 0 Å². The third-order valence-corrected chi connectivity index (χ3v) is 5.26. The van der Waals surface area contributed by atoms with Crippen molar-refractivity contribution >= 4 is 5.91 Å². The highest BCUT2D eigenvalue weighted by Gasteiger charge is 2.36. The summed E-state index contributed by atoms with van der Waals surface area (Å²) in [6.45, 7) is 10.3. The van der Waals surface area contributed by atoms with Gasteiger partial charge in [0.2, 0.25) is 5.91 Å². The predicted molar refractivity (Wildman–Crippen MR) is 87.3 cm³/mol. The maximum absolute atomic E-state index is 12.3. The zero-order valence-corrected chi connectivity index (χ0v) is 14.5. The number of rotatable bonds is 3. The van der Waals surface area contributed by atoms with Gasteiger partial charge in [-0.25, -0.2) is 0 Å². The second-order valence-electron chi connectivity index (χ2n) is 8.03. The van der Waals surface area contributed by atoms with Gasteiger partial charge >= 0.3 is 0 Å². The number of nitrogens with one attached hydrogen (secondary N) is 1. The standard InChI is InChI=1S/C17H33N3O/c1-17(2,3)20-10-7-13(8-11-20)12-15-14(6-9-18-15)16(21)19(4)5/h13-15,18H,6-12H2,1-5H3/t14-,15?/m1/s1. The van der Waals surface area contributed by atoms with Crippen LogP contribution in [0.15, 0.2) is 0 Å². The van der Waals surface area contributed by atoms with Crippen molar-refractivity contribution in [3.63, 3.8) is 0 Å². The van der Waals surface area contributed by atoms with Crippen LogP contribution < -0.4 is 5.32 Å². The second kappa shape index (κ2) is 6.66. The average Bonchev–Trinajstić information content (AvgIpc) is 2.85. The van der Waals surface area contributed by atoms with Gasteiger partial charge < -0.3 is 10.2 Å². The lowest BCUT2D eigenvalue weighted by Gasteiger charge is -2.41. The number of likely N-dealkylation sites (tertiary alicyclic amines) is 1. The summed E-state index contributed by atoms with van der Waals surface area (Å²) in [4.78, 5) is 16.6. The van der Waals surface area contributed by atoms with Crippen LogP contribution in [0.25, 0.3) is 0 Å². The molecule has 2 fully saturated rings. The van der Waals surface area contributed by atoms with E-state index in [0.717, 1.165) is 18.9 Å². The van der Waals surface area contributed by atoms with E-state index in [1.54, 1.807) is 4.90 Å². The Bertz CT molecular complexity index is 354. The van der Waals surface area contributed by atoms with E-state index in [1.165, 1.54) is 32.4 Å². The molecular weight excluding hydrogens is 262 g/mol. The van der Waals surface area contributed by atoms with E-state index >= 15 is 0 Å². The molecule has 21 heavy (non-hydrogen) atoms. The van der Waals surface area contributed by atoms with E-state index in [1.807, 2.05) is 14.1 Å². The largest absolute Gasteiger partial charge is 0.349 e. The van der Waals surface area contributed by atoms with Crippen LogP contribution >= 0.6 is 0 Å². The summed E-state index contributed by atoms with van der Waals surface area (Å²) < 4.78 is 0. The zero-order chi connectivity index (χ0) is 15.6. The van der Waals surface area contributed by atoms with E-state index in [0.29, 0.717) is 17.5 Å². The van der Waals surface area contributed by atoms with E-state index in [4.69, 9.17) is 0 Å². The molecule has 2 heterocycles. The van der Waals surface area contributed by atoms with Gasteiger partial charge in [-0.1, -0.05) is 0 Å². The molecule has 0 bridgehead atoms. The molecular formula is C17H33N3O. The van der Waals surface area contributed by atoms with Crippen LogP contribution in [-0.4, -0.2) is 61.0 Å². The first-order chi connectivity index (χ1) is 9.79. The summed E-state index contributed by atoms with van der Waals surface area (Å²) in [5.74, 6) is 1.27. The van der Waals surface area contributed by atoms with Crippen LogP contribution in [0.1, 0.15) is 46.5 Å². The minimum atomic E-state index is 0.195. The number of carbonyl (C=O) groups excluding carboxylic acids is 1. The fourth-order valence-corrected chi connectivity index (χ4v) is 3.84. The Kier molecular flexibility index (Phi) is 5.31. The molecule has 2 rings (SSSR count). The van der Waals surface area contributed by atoms with Crippen molar-refractivity contribution in [2.45, 2.75) is 58.0 Å². The third kappa shape index (κ3) is 4.19. The molecule has 2 aliphatic rings. The van der Waals surface area contributed by atoms with Gasteiger partial charge in [0.05, 0.1) is 5.92 Å². The van der Waals surface area contributed by atoms with Crippen molar-refractivity contribution in [2.75, 3.05) is 33.7 Å². The molecule has 122 valence electrons. The van der Waals surface area contributed by atoms with Crippen LogP contribution in [0.4, 0.5) is 0 Å². The lowest BCUT2D eigenvalue weighted by atomic mass is 9.84. The van der Waals surface area contributed by atoms with Crippen LogP contribution in [0.3, 0.4) is 0 Å². The molecule has 4 heteroatoms. The van der Waals surface area contributed by atoms with E-state index in [-0.39, 0.29) is 5.92 Å². The summed E-state index contributed by atoms with van der Waals surface area (Å²) in [5.41, 5.74) is 0.292. The molecule has 1 amide bonds. The first-order valence-corrected chi connectivity index (χ1v) is 8.48. The van der Waals surface area contributed by atoms with Gasteiger partial charge in [-0.15, -0.1) is 0 Å². The fourth-order valence-electron chi connectivity index (χ4n) is 3.84. The number of piperidine rings is 1. The van der Waals surface area contributed by atoms with Crippen molar-refractivity contribution in [3.05, 3.63) is 0 Å². The lowest BCUT2D eigenvalue weighted by Crippen LogP contribution is -2.47. The Morgan fingerprint density at radius 2 is 1.81 bits per heavy atom. The lowest BCUT2D eigenvalue weighted by molar-refractivity contribution is -0.133. The minimum Gasteiger partial charge on any atom is -0.349 e. The highest BCUT2D eigenvalue weighted by atomic mass is 16.2. The number of nitrogens with zero attached hydrogens (tertiary/aromatic N) is 2. The van der Waals surface area contributed by atoms with Crippen LogP contribution in [-0.2, 0) is 4.79 Å². The Hall–Kier alpha value is -0.610. The summed E-state index contributed by atoms with van der Waals surface area (Å²) in [6, 6.07) is 0.395. The van der Waals surface area contributed by atoms with Crippen molar-refractivity contribution in [1.82, 2.24) is 15.1 Å². The Morgan fingerprint density at radius 1 is 1.19 bits per heavy atom. The number of hydrogen-bond acceptors (Lipinski definition) is 3. The monoisotopic (exact) mass is 295 g/mol. The maximum Gasteiger partial charge on any atom is 0.226 e. The van der Waals surface area contributed by atoms with Crippen molar-refractivity contribution in [1.29, 1.82) is 0 Å². The van der Waals surface area contributed by atoms with Crippen molar-refractivity contribution in [2.24, 2.45) is 11.8 Å². The Morgan fingerprint density at radius 3 is 2.33 bits per heavy atom. The molecule has 0 aromatic heterocycles. The minimum absolute atomic E-state index is 0.195. The van der Waals surface area contributed by atoms with Crippen LogP contribution in [0.5, 0.6) is 0 Å². The van der Waals surface area contributed by atoms with E-state index in [9.17, 15) is 4.79 Å². The molecule has 1 N–H and O–H groups in total. The molecule has 0 aliphatic carbocycles. The molecule has 2 aliphatic heterocycles. The number of hydrogen-bond donors (Lipinski definition) is 1. The normalized spacial score (nSPS) is 28.8. The maximum atomic E-state index is 12.3. The topological polar surface area (TPSA) is 35.6 Å². The van der Waals surface area contributed by atoms with Crippen molar-refractivity contribution in [3.8, 4) is 0 Å². The number of carbonyl (C=O) groups is 1. The zero-order valence-electron chi connectivity index (χ0n) is 14.5. The molecule has 2 saturated heterocycles. The quantitative estimate of drug-likeness (QED) is 0.864. The highest BCUT2D eigenvalue weighted by molar-refractivity contribution is 5.79. The Labute approximate surface area is 130 Å². The first-order valence-electron chi connectivity index (χ1n) is 8.48. The van der Waals surface area contributed by atoms with Gasteiger partial charge in [-0.05, 0) is 72.0 Å². The highest BCUT2D eigenvalue weighted by Crippen LogP contribution is 2.30. The van der Waals surface area contributed by atoms with Gasteiger partial charge in [-0.3, -0.25) is 9.69 Å². The third-order valence-electron chi connectivity index (χ3n) is 5.26. The van der Waals surface area contributed by atoms with Crippen molar-refractivity contribution < 1.29 is 4.79 Å². The molecule has 0 saturated carbocycles. The Balaban J connectivity index is 1.84. The summed E-state index contributed by atoms with van der Waals surface area (Å²) in [5, 5.41) is 3.57. The first kappa shape index (κ1) is 16.8.